The number of nitrogens with zero attached hydrogens (tertiary/aromatic N) is 3. The minimum atomic E-state index is -0.662. The Morgan fingerprint density at radius 1 is 0.967 bits per heavy atom. The molecule has 148 valence electrons. The van der Waals surface area contributed by atoms with Gasteiger partial charge in [-0.2, -0.15) is 5.26 Å². The molecule has 0 spiro atoms. The second-order valence-corrected chi connectivity index (χ2v) is 7.08. The first-order chi connectivity index (χ1) is 14.5. The van der Waals surface area contributed by atoms with E-state index in [-0.39, 0.29) is 12.5 Å². The number of halogens is 1. The van der Waals surface area contributed by atoms with E-state index in [2.05, 4.69) is 6.07 Å². The number of amides is 3. The van der Waals surface area contributed by atoms with Gasteiger partial charge in [-0.3, -0.25) is 14.6 Å². The summed E-state index contributed by atoms with van der Waals surface area (Å²) in [6.07, 6.45) is 0. The Balaban J connectivity index is 1.55. The van der Waals surface area contributed by atoms with E-state index in [0.717, 1.165) is 16.7 Å². The van der Waals surface area contributed by atoms with Crippen molar-refractivity contribution >= 4 is 17.6 Å². The lowest BCUT2D eigenvalue weighted by Crippen LogP contribution is -2.33. The first-order valence-corrected chi connectivity index (χ1v) is 9.48. The molecule has 4 rings (SSSR count). The van der Waals surface area contributed by atoms with Crippen molar-refractivity contribution in [3.05, 3.63) is 89.7 Å². The smallest absolute Gasteiger partial charge is 0.282 e. The van der Waals surface area contributed by atoms with Crippen LogP contribution < -0.4 is 4.90 Å². The van der Waals surface area contributed by atoms with Crippen molar-refractivity contribution in [3.63, 3.8) is 0 Å². The molecule has 1 fully saturated rings. The molecule has 1 unspecified atom stereocenters. The average Bonchev–Trinajstić information content (AvgIpc) is 2.98. The summed E-state index contributed by atoms with van der Waals surface area (Å²) < 4.78 is 13.2. The van der Waals surface area contributed by atoms with Crippen LogP contribution in [0.2, 0.25) is 0 Å². The fraction of sp³-hybridized carbons (Fsp3) is 0.125. The Morgan fingerprint density at radius 2 is 1.63 bits per heavy atom. The lowest BCUT2D eigenvalue weighted by molar-refractivity contribution is -0.127. The van der Waals surface area contributed by atoms with Crippen LogP contribution in [0.4, 0.5) is 14.9 Å². The molecule has 0 saturated carbocycles. The van der Waals surface area contributed by atoms with Crippen LogP contribution in [0.5, 0.6) is 0 Å². The normalized spacial score (nSPS) is 16.1. The number of hydrogen-bond acceptors (Lipinski definition) is 3. The summed E-state index contributed by atoms with van der Waals surface area (Å²) in [5.41, 5.74) is 3.57. The molecule has 0 radical (unpaired) electrons. The van der Waals surface area contributed by atoms with Crippen molar-refractivity contribution in [1.29, 1.82) is 5.26 Å². The number of carbonyl (C=O) groups excluding carboxylic acids is 2. The van der Waals surface area contributed by atoms with E-state index in [0.29, 0.717) is 11.3 Å². The fourth-order valence-corrected chi connectivity index (χ4v) is 3.61. The molecule has 3 aromatic carbocycles. The molecule has 1 aliphatic rings. The van der Waals surface area contributed by atoms with Crippen LogP contribution in [0.3, 0.4) is 0 Å². The van der Waals surface area contributed by atoms with Gasteiger partial charge in [0.1, 0.15) is 11.9 Å². The first-order valence-electron chi connectivity index (χ1n) is 9.48. The highest BCUT2D eigenvalue weighted by molar-refractivity contribution is 6.13. The van der Waals surface area contributed by atoms with Gasteiger partial charge >= 0.3 is 6.03 Å². The third-order valence-corrected chi connectivity index (χ3v) is 5.21. The molecule has 1 saturated heterocycles. The van der Waals surface area contributed by atoms with Gasteiger partial charge in [0.25, 0.3) is 5.91 Å². The van der Waals surface area contributed by atoms with Crippen molar-refractivity contribution in [2.45, 2.75) is 19.5 Å². The van der Waals surface area contributed by atoms with Crippen LogP contribution in [0.15, 0.2) is 72.8 Å². The highest BCUT2D eigenvalue weighted by Crippen LogP contribution is 2.28. The molecule has 5 nitrogen and oxygen atoms in total. The largest absolute Gasteiger partial charge is 0.332 e. The van der Waals surface area contributed by atoms with E-state index < -0.39 is 17.9 Å². The number of anilines is 1. The number of urea groups is 1. The maximum absolute atomic E-state index is 13.2. The number of hydrogen-bond donors (Lipinski definition) is 0. The van der Waals surface area contributed by atoms with Crippen LogP contribution in [-0.2, 0) is 11.3 Å². The molecule has 0 bridgehead atoms. The zero-order valence-corrected chi connectivity index (χ0v) is 16.2. The Kier molecular flexibility index (Phi) is 5.03. The summed E-state index contributed by atoms with van der Waals surface area (Å²) in [5, 5.41) is 9.28. The highest BCUT2D eigenvalue weighted by Gasteiger charge is 2.43. The number of benzene rings is 3. The van der Waals surface area contributed by atoms with Crippen LogP contribution in [-0.4, -0.2) is 22.9 Å². The van der Waals surface area contributed by atoms with Crippen LogP contribution in [0, 0.1) is 17.1 Å². The predicted octanol–water partition coefficient (Wildman–Crippen LogP) is 4.72. The van der Waals surface area contributed by atoms with Crippen molar-refractivity contribution in [2.75, 3.05) is 4.90 Å². The molecule has 30 heavy (non-hydrogen) atoms. The maximum Gasteiger partial charge on any atom is 0.332 e. The molecule has 0 N–H and O–H groups in total. The van der Waals surface area contributed by atoms with Gasteiger partial charge in [0, 0.05) is 5.69 Å². The minimum absolute atomic E-state index is 0.139. The van der Waals surface area contributed by atoms with Crippen LogP contribution >= 0.6 is 0 Å². The van der Waals surface area contributed by atoms with E-state index in [1.165, 1.54) is 34.1 Å². The molecule has 3 aromatic rings. The minimum Gasteiger partial charge on any atom is -0.282 e. The average molecular weight is 399 g/mol. The Morgan fingerprint density at radius 3 is 2.30 bits per heavy atom. The summed E-state index contributed by atoms with van der Waals surface area (Å²) in [5.74, 6) is -0.706. The first kappa shape index (κ1) is 19.3. The number of rotatable bonds is 4. The summed E-state index contributed by atoms with van der Waals surface area (Å²) in [7, 11) is 0. The van der Waals surface area contributed by atoms with Crippen molar-refractivity contribution < 1.29 is 14.0 Å². The number of imide groups is 1. The quantitative estimate of drug-likeness (QED) is 0.596. The molecule has 0 aromatic heterocycles. The molecule has 0 aliphatic carbocycles. The molecule has 1 atom stereocenters. The standard InChI is InChI=1S/C24H18FN3O2/c1-16-23(29)27(24(30)28(16)21-12-10-20(25)11-13-21)15-17-6-8-18(9-7-17)22-5-3-2-4-19(22)14-26/h2-13,16H,15H2,1H3. The van der Waals surface area contributed by atoms with Crippen LogP contribution in [0.25, 0.3) is 11.1 Å². The highest BCUT2D eigenvalue weighted by atomic mass is 19.1. The third kappa shape index (κ3) is 3.42. The van der Waals surface area contributed by atoms with E-state index in [1.807, 2.05) is 42.5 Å². The van der Waals surface area contributed by atoms with E-state index in [1.54, 1.807) is 13.0 Å². The summed E-state index contributed by atoms with van der Waals surface area (Å²) in [6, 6.07) is 21.3. The molecule has 6 heteroatoms. The van der Waals surface area contributed by atoms with Gasteiger partial charge in [0.05, 0.1) is 18.2 Å². The second-order valence-electron chi connectivity index (χ2n) is 7.08. The zero-order valence-electron chi connectivity index (χ0n) is 16.2. The van der Waals surface area contributed by atoms with E-state index >= 15 is 0 Å². The van der Waals surface area contributed by atoms with Gasteiger partial charge in [0.2, 0.25) is 0 Å². The van der Waals surface area contributed by atoms with Gasteiger partial charge in [-0.1, -0.05) is 42.5 Å². The van der Waals surface area contributed by atoms with Crippen LogP contribution in [0.1, 0.15) is 18.1 Å². The van der Waals surface area contributed by atoms with Gasteiger partial charge in [0.15, 0.2) is 0 Å². The summed E-state index contributed by atoms with van der Waals surface area (Å²) in [4.78, 5) is 28.2. The van der Waals surface area contributed by atoms with Gasteiger partial charge in [-0.05, 0) is 53.9 Å². The summed E-state index contributed by atoms with van der Waals surface area (Å²) >= 11 is 0. The number of nitriles is 1. The maximum atomic E-state index is 13.2. The molecule has 1 heterocycles. The topological polar surface area (TPSA) is 64.4 Å². The molecular formula is C24H18FN3O2. The predicted molar refractivity (Wildman–Crippen MR) is 111 cm³/mol. The lowest BCUT2D eigenvalue weighted by Gasteiger charge is -2.19. The molecule has 1 aliphatic heterocycles. The Hall–Kier alpha value is -3.98. The zero-order chi connectivity index (χ0) is 21.3. The Bertz CT molecular complexity index is 1150. The fourth-order valence-electron chi connectivity index (χ4n) is 3.61. The van der Waals surface area contributed by atoms with E-state index in [9.17, 15) is 19.2 Å². The molecule has 3 amide bonds. The summed E-state index contributed by atoms with van der Waals surface area (Å²) in [6.45, 7) is 1.80. The lowest BCUT2D eigenvalue weighted by atomic mass is 9.99. The second kappa shape index (κ2) is 7.80. The van der Waals surface area contributed by atoms with Gasteiger partial charge in [-0.25, -0.2) is 9.18 Å². The van der Waals surface area contributed by atoms with Crippen molar-refractivity contribution in [2.24, 2.45) is 0 Å². The molecular weight excluding hydrogens is 381 g/mol. The Labute approximate surface area is 173 Å². The van der Waals surface area contributed by atoms with Gasteiger partial charge in [-0.15, -0.1) is 0 Å². The monoisotopic (exact) mass is 399 g/mol. The third-order valence-electron chi connectivity index (χ3n) is 5.21. The SMILES string of the molecule is CC1C(=O)N(Cc2ccc(-c3ccccc3C#N)cc2)C(=O)N1c1ccc(F)cc1. The van der Waals surface area contributed by atoms with Crippen molar-refractivity contribution in [3.8, 4) is 17.2 Å². The van der Waals surface area contributed by atoms with Crippen molar-refractivity contribution in [1.82, 2.24) is 4.90 Å². The van der Waals surface area contributed by atoms with E-state index in [4.69, 9.17) is 0 Å². The number of carbonyl (C=O) groups is 2. The van der Waals surface area contributed by atoms with Gasteiger partial charge < -0.3 is 0 Å².